The molecule has 0 spiro atoms. The Morgan fingerprint density at radius 3 is 2.76 bits per heavy atom. The van der Waals surface area contributed by atoms with Crippen LogP contribution in [-0.2, 0) is 11.8 Å². The van der Waals surface area contributed by atoms with E-state index in [1.165, 1.54) is 12.8 Å². The van der Waals surface area contributed by atoms with E-state index in [9.17, 15) is 9.90 Å². The predicted octanol–water partition coefficient (Wildman–Crippen LogP) is 4.58. The van der Waals surface area contributed by atoms with Crippen molar-refractivity contribution in [3.63, 3.8) is 0 Å². The minimum atomic E-state index is 0.0657. The lowest BCUT2D eigenvalue weighted by Gasteiger charge is -2.41. The molecule has 3 unspecified atom stereocenters. The third kappa shape index (κ3) is 1.95. The normalized spacial score (nSPS) is 31.1. The first-order valence-electron chi connectivity index (χ1n) is 8.24. The Bertz CT molecular complexity index is 588. The molecule has 0 amide bonds. The van der Waals surface area contributed by atoms with Crippen molar-refractivity contribution in [1.82, 2.24) is 0 Å². The Labute approximate surface area is 127 Å². The van der Waals surface area contributed by atoms with Gasteiger partial charge < -0.3 is 5.11 Å². The molecular formula is C19H26O2. The minimum Gasteiger partial charge on any atom is -0.507 e. The molecule has 1 aromatic carbocycles. The molecule has 0 saturated heterocycles. The molecule has 2 aliphatic rings. The molecule has 114 valence electrons. The number of phenols is 1. The highest BCUT2D eigenvalue weighted by Crippen LogP contribution is 2.56. The molecule has 2 aliphatic carbocycles. The van der Waals surface area contributed by atoms with Crippen LogP contribution in [-0.4, -0.2) is 11.4 Å². The summed E-state index contributed by atoms with van der Waals surface area (Å²) in [6.07, 6.45) is 5.55. The molecule has 0 aromatic heterocycles. The van der Waals surface area contributed by atoms with Crippen LogP contribution in [0.25, 0.3) is 0 Å². The lowest BCUT2D eigenvalue weighted by atomic mass is 9.63. The van der Waals surface area contributed by atoms with Crippen molar-refractivity contribution < 1.29 is 9.90 Å². The molecule has 1 saturated carbocycles. The van der Waals surface area contributed by atoms with Crippen molar-refractivity contribution in [3.8, 4) is 5.75 Å². The Morgan fingerprint density at radius 1 is 1.43 bits per heavy atom. The summed E-state index contributed by atoms with van der Waals surface area (Å²) in [6, 6.07) is 1.93. The van der Waals surface area contributed by atoms with Gasteiger partial charge in [-0.2, -0.15) is 0 Å². The van der Waals surface area contributed by atoms with Gasteiger partial charge in [0.05, 0.1) is 0 Å². The highest BCUT2D eigenvalue weighted by atomic mass is 16.3. The number of carbonyl (C=O) groups excluding carboxylic acids is 1. The van der Waals surface area contributed by atoms with E-state index >= 15 is 0 Å². The first kappa shape index (κ1) is 14.6. The molecule has 3 rings (SSSR count). The summed E-state index contributed by atoms with van der Waals surface area (Å²) < 4.78 is 0. The fourth-order valence-corrected chi connectivity index (χ4v) is 4.94. The number of aldehydes is 1. The Morgan fingerprint density at radius 2 is 2.14 bits per heavy atom. The summed E-state index contributed by atoms with van der Waals surface area (Å²) >= 11 is 0. The van der Waals surface area contributed by atoms with Crippen LogP contribution < -0.4 is 0 Å². The van der Waals surface area contributed by atoms with Gasteiger partial charge in [0.1, 0.15) is 12.0 Å². The van der Waals surface area contributed by atoms with Gasteiger partial charge in [0, 0.05) is 5.56 Å². The predicted molar refractivity (Wildman–Crippen MR) is 85.1 cm³/mol. The first-order chi connectivity index (χ1) is 9.90. The largest absolute Gasteiger partial charge is 0.507 e. The summed E-state index contributed by atoms with van der Waals surface area (Å²) in [5.41, 5.74) is 4.01. The summed E-state index contributed by atoms with van der Waals surface area (Å²) in [5, 5.41) is 10.7. The van der Waals surface area contributed by atoms with Crippen LogP contribution in [0.5, 0.6) is 5.75 Å². The maximum Gasteiger partial charge on any atom is 0.150 e. The Balaban J connectivity index is 2.24. The van der Waals surface area contributed by atoms with E-state index in [0.717, 1.165) is 41.4 Å². The van der Waals surface area contributed by atoms with E-state index in [1.807, 2.05) is 6.07 Å². The van der Waals surface area contributed by atoms with Crippen LogP contribution in [0.3, 0.4) is 0 Å². The molecule has 0 aliphatic heterocycles. The molecule has 2 heteroatoms. The van der Waals surface area contributed by atoms with Crippen LogP contribution in [0.4, 0.5) is 0 Å². The summed E-state index contributed by atoms with van der Waals surface area (Å²) in [7, 11) is 0. The summed E-state index contributed by atoms with van der Waals surface area (Å²) in [4.78, 5) is 11.7. The lowest BCUT2D eigenvalue weighted by Crippen LogP contribution is -2.37. The lowest BCUT2D eigenvalue weighted by molar-refractivity contribution is 0.111. The number of fused-ring (bicyclic) bond motifs is 3. The standard InChI is InChI=1S/C19H26O2/c1-11(2)14-8-13(10-20)17-15(18(14)21)9-16-12(3)6-5-7-19(16,17)4/h8,10-12,16,21H,5-7,9H2,1-4H3. The van der Waals surface area contributed by atoms with Gasteiger partial charge in [-0.25, -0.2) is 0 Å². The maximum absolute atomic E-state index is 11.7. The van der Waals surface area contributed by atoms with Crippen molar-refractivity contribution >= 4 is 6.29 Å². The second kappa shape index (κ2) is 4.86. The first-order valence-corrected chi connectivity index (χ1v) is 8.24. The quantitative estimate of drug-likeness (QED) is 0.808. The van der Waals surface area contributed by atoms with Gasteiger partial charge in [-0.1, -0.05) is 40.5 Å². The number of aromatic hydroxyl groups is 1. The maximum atomic E-state index is 11.7. The zero-order valence-corrected chi connectivity index (χ0v) is 13.6. The van der Waals surface area contributed by atoms with Gasteiger partial charge in [-0.3, -0.25) is 4.79 Å². The topological polar surface area (TPSA) is 37.3 Å². The Kier molecular flexibility index (Phi) is 3.38. The van der Waals surface area contributed by atoms with Crippen LogP contribution in [0, 0.1) is 11.8 Å². The van der Waals surface area contributed by atoms with Gasteiger partial charge in [-0.05, 0) is 58.8 Å². The molecule has 3 atom stereocenters. The van der Waals surface area contributed by atoms with Gasteiger partial charge in [0.25, 0.3) is 0 Å². The monoisotopic (exact) mass is 286 g/mol. The van der Waals surface area contributed by atoms with E-state index in [2.05, 4.69) is 27.7 Å². The summed E-state index contributed by atoms with van der Waals surface area (Å²) in [6.45, 7) is 8.78. The van der Waals surface area contributed by atoms with Crippen molar-refractivity contribution in [2.24, 2.45) is 11.8 Å². The number of benzene rings is 1. The number of rotatable bonds is 2. The second-order valence-corrected chi connectivity index (χ2v) is 7.63. The Hall–Kier alpha value is -1.31. The fourth-order valence-electron chi connectivity index (χ4n) is 4.94. The molecule has 0 bridgehead atoms. The molecule has 2 nitrogen and oxygen atoms in total. The van der Waals surface area contributed by atoms with Crippen LogP contribution in [0.1, 0.15) is 79.9 Å². The number of carbonyl (C=O) groups is 1. The molecule has 1 aromatic rings. The van der Waals surface area contributed by atoms with Crippen LogP contribution in [0.15, 0.2) is 6.07 Å². The van der Waals surface area contributed by atoms with Gasteiger partial charge >= 0.3 is 0 Å². The van der Waals surface area contributed by atoms with Gasteiger partial charge in [0.15, 0.2) is 0 Å². The molecule has 1 N–H and O–H groups in total. The molecule has 0 heterocycles. The summed E-state index contributed by atoms with van der Waals surface area (Å²) in [5.74, 6) is 1.92. The van der Waals surface area contributed by atoms with Gasteiger partial charge in [-0.15, -0.1) is 0 Å². The van der Waals surface area contributed by atoms with E-state index in [-0.39, 0.29) is 11.3 Å². The van der Waals surface area contributed by atoms with Crippen LogP contribution >= 0.6 is 0 Å². The number of hydrogen-bond donors (Lipinski definition) is 1. The van der Waals surface area contributed by atoms with E-state index < -0.39 is 0 Å². The zero-order chi connectivity index (χ0) is 15.4. The van der Waals surface area contributed by atoms with Gasteiger partial charge in [0.2, 0.25) is 0 Å². The molecule has 21 heavy (non-hydrogen) atoms. The zero-order valence-electron chi connectivity index (χ0n) is 13.6. The molecule has 0 radical (unpaired) electrons. The highest BCUT2D eigenvalue weighted by Gasteiger charge is 2.49. The van der Waals surface area contributed by atoms with Crippen molar-refractivity contribution in [2.45, 2.75) is 64.7 Å². The van der Waals surface area contributed by atoms with Crippen molar-refractivity contribution in [1.29, 1.82) is 0 Å². The number of phenolic OH excluding ortho intramolecular Hbond substituents is 1. The average Bonchev–Trinajstić information content (AvgIpc) is 2.75. The third-order valence-electron chi connectivity index (χ3n) is 6.07. The van der Waals surface area contributed by atoms with Crippen molar-refractivity contribution in [2.75, 3.05) is 0 Å². The molecule has 1 fully saturated rings. The van der Waals surface area contributed by atoms with Crippen molar-refractivity contribution in [3.05, 3.63) is 28.3 Å². The second-order valence-electron chi connectivity index (χ2n) is 7.63. The third-order valence-corrected chi connectivity index (χ3v) is 6.07. The number of hydrogen-bond acceptors (Lipinski definition) is 2. The van der Waals surface area contributed by atoms with E-state index in [0.29, 0.717) is 17.6 Å². The molecular weight excluding hydrogens is 260 g/mol. The highest BCUT2D eigenvalue weighted by molar-refractivity contribution is 5.81. The fraction of sp³-hybridized carbons (Fsp3) is 0.632. The van der Waals surface area contributed by atoms with Crippen LogP contribution in [0.2, 0.25) is 0 Å². The van der Waals surface area contributed by atoms with E-state index in [4.69, 9.17) is 0 Å². The smallest absolute Gasteiger partial charge is 0.150 e. The average molecular weight is 286 g/mol. The van der Waals surface area contributed by atoms with E-state index in [1.54, 1.807) is 0 Å². The SMILES string of the molecule is CC(C)c1cc(C=O)c2c(c1O)CC1C(C)CCCC21C. The minimum absolute atomic E-state index is 0.0657.